The van der Waals surface area contributed by atoms with Crippen LogP contribution in [0.3, 0.4) is 0 Å². The molecule has 6 nitrogen and oxygen atoms in total. The molecule has 0 saturated heterocycles. The van der Waals surface area contributed by atoms with Gasteiger partial charge in [-0.25, -0.2) is 0 Å². The summed E-state index contributed by atoms with van der Waals surface area (Å²) in [6.07, 6.45) is 0. The van der Waals surface area contributed by atoms with Gasteiger partial charge in [-0.05, 0) is 18.6 Å². The molecule has 0 unspecified atom stereocenters. The lowest BCUT2D eigenvalue weighted by Crippen LogP contribution is -1.97. The number of ether oxygens (including phenoxy) is 3. The first kappa shape index (κ1) is 21.8. The highest BCUT2D eigenvalue weighted by molar-refractivity contribution is 5.76. The zero-order valence-electron chi connectivity index (χ0n) is 17.4. The van der Waals surface area contributed by atoms with Gasteiger partial charge in [0.1, 0.15) is 5.75 Å². The fourth-order valence-electron chi connectivity index (χ4n) is 2.75. The largest absolute Gasteiger partial charge is 0.505 e. The van der Waals surface area contributed by atoms with Crippen LogP contribution in [-0.2, 0) is 0 Å². The topological polar surface area (TPSA) is 86.0 Å². The summed E-state index contributed by atoms with van der Waals surface area (Å²) in [5.74, 6) is 2.06. The van der Waals surface area contributed by atoms with Crippen molar-refractivity contribution < 1.29 is 19.3 Å². The van der Waals surface area contributed by atoms with Gasteiger partial charge in [-0.15, -0.1) is 0 Å². The molecule has 0 saturated carbocycles. The lowest BCUT2D eigenvalue weighted by molar-refractivity contribution is 0.324. The molecular weight excluding hydrogens is 368 g/mol. The summed E-state index contributed by atoms with van der Waals surface area (Å²) in [6, 6.07) is 17.1. The third-order valence-corrected chi connectivity index (χ3v) is 4.38. The zero-order chi connectivity index (χ0) is 21.4. The third-order valence-electron chi connectivity index (χ3n) is 4.38. The van der Waals surface area contributed by atoms with Crippen LogP contribution in [0.5, 0.6) is 23.0 Å². The summed E-state index contributed by atoms with van der Waals surface area (Å²) in [7, 11) is 6.60. The summed E-state index contributed by atoms with van der Waals surface area (Å²) in [4.78, 5) is 0. The van der Waals surface area contributed by atoms with Crippen molar-refractivity contribution in [2.24, 2.45) is 0 Å². The smallest absolute Gasteiger partial charge is 0.203 e. The summed E-state index contributed by atoms with van der Waals surface area (Å²) in [6.45, 7) is 2.03. The number of rotatable bonds is 5. The lowest BCUT2D eigenvalue weighted by Gasteiger charge is -2.13. The molecule has 6 heteroatoms. The molecule has 29 heavy (non-hydrogen) atoms. The van der Waals surface area contributed by atoms with Crippen molar-refractivity contribution in [2.45, 2.75) is 6.92 Å². The highest BCUT2D eigenvalue weighted by Gasteiger charge is 2.12. The SMILES string of the molecule is CNc1cc(OC)c(OC)c(OC)c1.Cc1ccc(-c2cccc(N)c2O)cc1. The number of methoxy groups -OCH3 is 3. The first-order chi connectivity index (χ1) is 13.9. The van der Waals surface area contributed by atoms with Gasteiger partial charge in [0.2, 0.25) is 5.75 Å². The van der Waals surface area contributed by atoms with Crippen molar-refractivity contribution >= 4 is 11.4 Å². The summed E-state index contributed by atoms with van der Waals surface area (Å²) < 4.78 is 15.5. The Labute approximate surface area is 171 Å². The number of aryl methyl sites for hydroxylation is 1. The van der Waals surface area contributed by atoms with E-state index in [4.69, 9.17) is 19.9 Å². The molecule has 0 bridgehead atoms. The summed E-state index contributed by atoms with van der Waals surface area (Å²) in [5.41, 5.74) is 9.91. The predicted octanol–water partition coefficient (Wildman–Crippen LogP) is 4.70. The summed E-state index contributed by atoms with van der Waals surface area (Å²) in [5, 5.41) is 12.8. The average Bonchev–Trinajstić information content (AvgIpc) is 2.75. The van der Waals surface area contributed by atoms with Crippen molar-refractivity contribution in [2.75, 3.05) is 39.4 Å². The Hall–Kier alpha value is -3.54. The van der Waals surface area contributed by atoms with E-state index in [0.717, 1.165) is 16.8 Å². The second kappa shape index (κ2) is 10.1. The average molecular weight is 396 g/mol. The Kier molecular flexibility index (Phi) is 7.60. The van der Waals surface area contributed by atoms with Gasteiger partial charge in [-0.3, -0.25) is 0 Å². The van der Waals surface area contributed by atoms with E-state index in [1.54, 1.807) is 27.4 Å². The van der Waals surface area contributed by atoms with Crippen molar-refractivity contribution in [3.63, 3.8) is 0 Å². The van der Waals surface area contributed by atoms with E-state index in [9.17, 15) is 5.11 Å². The van der Waals surface area contributed by atoms with Gasteiger partial charge in [0.05, 0.1) is 27.0 Å². The molecule has 0 heterocycles. The van der Waals surface area contributed by atoms with E-state index in [1.807, 2.05) is 62.5 Å². The van der Waals surface area contributed by atoms with Gasteiger partial charge in [-0.2, -0.15) is 0 Å². The molecule has 0 fully saturated rings. The van der Waals surface area contributed by atoms with Crippen molar-refractivity contribution in [1.82, 2.24) is 0 Å². The number of nitrogens with two attached hydrogens (primary N) is 1. The van der Waals surface area contributed by atoms with Crippen LogP contribution in [0.4, 0.5) is 11.4 Å². The van der Waals surface area contributed by atoms with E-state index in [2.05, 4.69) is 5.32 Å². The maximum atomic E-state index is 9.80. The molecule has 0 aliphatic heterocycles. The second-order valence-electron chi connectivity index (χ2n) is 6.27. The van der Waals surface area contributed by atoms with E-state index in [0.29, 0.717) is 22.9 Å². The van der Waals surface area contributed by atoms with Crippen LogP contribution in [0.1, 0.15) is 5.56 Å². The minimum Gasteiger partial charge on any atom is -0.505 e. The molecular formula is C23H28N2O4. The van der Waals surface area contributed by atoms with Crippen LogP contribution in [0.25, 0.3) is 11.1 Å². The Morgan fingerprint density at radius 1 is 0.862 bits per heavy atom. The van der Waals surface area contributed by atoms with Gasteiger partial charge in [0.25, 0.3) is 0 Å². The predicted molar refractivity (Wildman–Crippen MR) is 118 cm³/mol. The number of para-hydroxylation sites is 1. The van der Waals surface area contributed by atoms with Crippen molar-refractivity contribution in [1.29, 1.82) is 0 Å². The third kappa shape index (κ3) is 5.25. The number of anilines is 2. The van der Waals surface area contributed by atoms with Gasteiger partial charge in [-0.1, -0.05) is 42.0 Å². The van der Waals surface area contributed by atoms with E-state index >= 15 is 0 Å². The number of phenols is 1. The zero-order valence-corrected chi connectivity index (χ0v) is 17.4. The van der Waals surface area contributed by atoms with Crippen LogP contribution in [-0.4, -0.2) is 33.5 Å². The minimum atomic E-state index is 0.154. The fourth-order valence-corrected chi connectivity index (χ4v) is 2.75. The van der Waals surface area contributed by atoms with Crippen molar-refractivity contribution in [3.05, 3.63) is 60.2 Å². The Morgan fingerprint density at radius 3 is 1.93 bits per heavy atom. The number of phenolic OH excluding ortho intramolecular Hbond substituents is 1. The number of nitrogens with one attached hydrogen (secondary N) is 1. The van der Waals surface area contributed by atoms with Crippen LogP contribution < -0.4 is 25.3 Å². The molecule has 3 aromatic carbocycles. The Bertz CT molecular complexity index is 915. The van der Waals surface area contributed by atoms with E-state index in [1.165, 1.54) is 5.56 Å². The van der Waals surface area contributed by atoms with E-state index < -0.39 is 0 Å². The second-order valence-corrected chi connectivity index (χ2v) is 6.27. The lowest BCUT2D eigenvalue weighted by atomic mass is 10.0. The fraction of sp³-hybridized carbons (Fsp3) is 0.217. The molecule has 0 radical (unpaired) electrons. The molecule has 3 rings (SSSR count). The molecule has 0 amide bonds. The quantitative estimate of drug-likeness (QED) is 0.428. The van der Waals surface area contributed by atoms with Crippen LogP contribution in [0, 0.1) is 6.92 Å². The normalized spacial score (nSPS) is 9.83. The number of nitrogen functional groups attached to an aromatic ring is 1. The number of hydrogen-bond donors (Lipinski definition) is 3. The molecule has 3 aromatic rings. The first-order valence-corrected chi connectivity index (χ1v) is 9.07. The van der Waals surface area contributed by atoms with Crippen molar-refractivity contribution in [3.8, 4) is 34.1 Å². The van der Waals surface area contributed by atoms with Crippen LogP contribution >= 0.6 is 0 Å². The Balaban J connectivity index is 0.000000208. The standard InChI is InChI=1S/C13H13NO.C10H15NO3/c1-9-5-7-10(8-6-9)11-3-2-4-12(14)13(11)15;1-11-7-5-8(12-2)10(14-4)9(6-7)13-3/h2-8,15H,14H2,1H3;5-6,11H,1-4H3. The van der Waals surface area contributed by atoms with Gasteiger partial charge in [0, 0.05) is 30.4 Å². The molecule has 154 valence electrons. The maximum absolute atomic E-state index is 9.80. The van der Waals surface area contributed by atoms with Crippen LogP contribution in [0.15, 0.2) is 54.6 Å². The molecule has 0 spiro atoms. The highest BCUT2D eigenvalue weighted by atomic mass is 16.5. The van der Waals surface area contributed by atoms with Gasteiger partial charge >= 0.3 is 0 Å². The number of aromatic hydroxyl groups is 1. The number of hydrogen-bond acceptors (Lipinski definition) is 6. The Morgan fingerprint density at radius 2 is 1.45 bits per heavy atom. The monoisotopic (exact) mass is 396 g/mol. The highest BCUT2D eigenvalue weighted by Crippen LogP contribution is 2.39. The van der Waals surface area contributed by atoms with Gasteiger partial charge in [0.15, 0.2) is 11.5 Å². The molecule has 0 aliphatic carbocycles. The molecule has 0 aromatic heterocycles. The summed E-state index contributed by atoms with van der Waals surface area (Å²) >= 11 is 0. The van der Waals surface area contributed by atoms with Crippen LogP contribution in [0.2, 0.25) is 0 Å². The first-order valence-electron chi connectivity index (χ1n) is 9.07. The molecule has 4 N–H and O–H groups in total. The molecule has 0 aliphatic rings. The molecule has 0 atom stereocenters. The van der Waals surface area contributed by atoms with E-state index in [-0.39, 0.29) is 5.75 Å². The number of benzene rings is 3. The maximum Gasteiger partial charge on any atom is 0.203 e. The van der Waals surface area contributed by atoms with Gasteiger partial charge < -0.3 is 30.4 Å². The minimum absolute atomic E-state index is 0.154.